The average Bonchev–Trinajstić information content (AvgIpc) is 3.34. The molecule has 0 aliphatic heterocycles. The zero-order chi connectivity index (χ0) is 49.3. The second-order valence-corrected chi connectivity index (χ2v) is 18.5. The van der Waals surface area contributed by atoms with Crippen LogP contribution in [0, 0.1) is 0 Å². The number of hydrogen-bond donors (Lipinski definition) is 0. The molecule has 0 saturated heterocycles. The SMILES string of the molecule is CC/C=C\C/C=C\C/C=C\C/C=C\C/C=C\CCCCCCCC(=O)OCC(COC(=O)CCCCCCCCCC)OC(=O)CCCCCCCC/C=C\C/C=C\C/C=C\CCCCCCC. The first-order valence-corrected chi connectivity index (χ1v) is 28.2. The molecule has 0 aliphatic rings. The normalized spacial score (nSPS) is 12.8. The van der Waals surface area contributed by atoms with E-state index in [0.29, 0.717) is 19.3 Å². The van der Waals surface area contributed by atoms with Gasteiger partial charge in [-0.05, 0) is 103 Å². The van der Waals surface area contributed by atoms with Gasteiger partial charge in [-0.2, -0.15) is 0 Å². The summed E-state index contributed by atoms with van der Waals surface area (Å²) in [4.78, 5) is 38.0. The van der Waals surface area contributed by atoms with Crippen LogP contribution in [0.2, 0.25) is 0 Å². The fraction of sp³-hybridized carbons (Fsp3) is 0.694. The summed E-state index contributed by atoms with van der Waals surface area (Å²) in [7, 11) is 0. The van der Waals surface area contributed by atoms with Crippen LogP contribution >= 0.6 is 0 Å². The Kier molecular flexibility index (Phi) is 52.9. The number of carbonyl (C=O) groups is 3. The van der Waals surface area contributed by atoms with Gasteiger partial charge in [0.25, 0.3) is 0 Å². The van der Waals surface area contributed by atoms with Gasteiger partial charge >= 0.3 is 17.9 Å². The van der Waals surface area contributed by atoms with Gasteiger partial charge in [0.15, 0.2) is 6.10 Å². The molecular weight excluding hydrogens is 841 g/mol. The Bertz CT molecular complexity index is 1360. The minimum absolute atomic E-state index is 0.0891. The van der Waals surface area contributed by atoms with Crippen molar-refractivity contribution in [2.24, 2.45) is 0 Å². The highest BCUT2D eigenvalue weighted by molar-refractivity contribution is 5.71. The summed E-state index contributed by atoms with van der Waals surface area (Å²) >= 11 is 0. The van der Waals surface area contributed by atoms with Crippen molar-refractivity contribution in [1.82, 2.24) is 0 Å². The van der Waals surface area contributed by atoms with E-state index < -0.39 is 6.10 Å². The van der Waals surface area contributed by atoms with Crippen LogP contribution < -0.4 is 0 Å². The van der Waals surface area contributed by atoms with E-state index in [1.807, 2.05) is 0 Å². The van der Waals surface area contributed by atoms with E-state index >= 15 is 0 Å². The molecule has 0 aromatic rings. The summed E-state index contributed by atoms with van der Waals surface area (Å²) in [5, 5.41) is 0. The van der Waals surface area contributed by atoms with Gasteiger partial charge in [0.2, 0.25) is 0 Å². The molecular formula is C62H104O6. The van der Waals surface area contributed by atoms with Crippen molar-refractivity contribution in [3.05, 3.63) is 97.2 Å². The maximum Gasteiger partial charge on any atom is 0.306 e. The van der Waals surface area contributed by atoms with Gasteiger partial charge in [0.05, 0.1) is 0 Å². The molecule has 0 aliphatic carbocycles. The smallest absolute Gasteiger partial charge is 0.306 e. The lowest BCUT2D eigenvalue weighted by molar-refractivity contribution is -0.167. The fourth-order valence-corrected chi connectivity index (χ4v) is 7.59. The Hall–Kier alpha value is -3.67. The van der Waals surface area contributed by atoms with Gasteiger partial charge in [-0.15, -0.1) is 0 Å². The van der Waals surface area contributed by atoms with Crippen molar-refractivity contribution in [3.8, 4) is 0 Å². The highest BCUT2D eigenvalue weighted by atomic mass is 16.6. The Labute approximate surface area is 419 Å². The zero-order valence-corrected chi connectivity index (χ0v) is 44.3. The zero-order valence-electron chi connectivity index (χ0n) is 44.3. The lowest BCUT2D eigenvalue weighted by Crippen LogP contribution is -2.30. The molecule has 0 fully saturated rings. The third kappa shape index (κ3) is 53.3. The largest absolute Gasteiger partial charge is 0.462 e. The van der Waals surface area contributed by atoms with Crippen molar-refractivity contribution in [2.45, 2.75) is 264 Å². The Morgan fingerprint density at radius 2 is 0.574 bits per heavy atom. The molecule has 0 bridgehead atoms. The Balaban J connectivity index is 4.34. The summed E-state index contributed by atoms with van der Waals surface area (Å²) in [5.74, 6) is -0.925. The monoisotopic (exact) mass is 945 g/mol. The Morgan fingerprint density at radius 3 is 0.897 bits per heavy atom. The van der Waals surface area contributed by atoms with Gasteiger partial charge < -0.3 is 14.2 Å². The van der Waals surface area contributed by atoms with Crippen LogP contribution in [0.4, 0.5) is 0 Å². The van der Waals surface area contributed by atoms with E-state index in [1.54, 1.807) is 0 Å². The van der Waals surface area contributed by atoms with Crippen LogP contribution in [0.5, 0.6) is 0 Å². The molecule has 68 heavy (non-hydrogen) atoms. The first-order chi connectivity index (χ1) is 33.5. The minimum atomic E-state index is -0.791. The number of carbonyl (C=O) groups excluding carboxylic acids is 3. The molecule has 0 saturated carbocycles. The van der Waals surface area contributed by atoms with Crippen LogP contribution in [0.25, 0.3) is 0 Å². The number of rotatable bonds is 50. The molecule has 0 spiro atoms. The summed E-state index contributed by atoms with van der Waals surface area (Å²) in [5.41, 5.74) is 0. The number of unbranched alkanes of at least 4 members (excludes halogenated alkanes) is 23. The summed E-state index contributed by atoms with van der Waals surface area (Å²) in [6.45, 7) is 6.46. The molecule has 0 rings (SSSR count). The number of esters is 3. The number of ether oxygens (including phenoxy) is 3. The molecule has 0 radical (unpaired) electrons. The topological polar surface area (TPSA) is 78.9 Å². The first-order valence-electron chi connectivity index (χ1n) is 28.2. The average molecular weight is 946 g/mol. The van der Waals surface area contributed by atoms with Crippen molar-refractivity contribution in [3.63, 3.8) is 0 Å². The molecule has 6 nitrogen and oxygen atoms in total. The molecule has 0 aromatic heterocycles. The van der Waals surface area contributed by atoms with E-state index in [-0.39, 0.29) is 31.1 Å². The Morgan fingerprint density at radius 1 is 0.309 bits per heavy atom. The second kappa shape index (κ2) is 55.9. The van der Waals surface area contributed by atoms with E-state index in [1.165, 1.54) is 83.5 Å². The van der Waals surface area contributed by atoms with E-state index in [9.17, 15) is 14.4 Å². The molecule has 0 N–H and O–H groups in total. The molecule has 0 aromatic carbocycles. The molecule has 6 heteroatoms. The quantitative estimate of drug-likeness (QED) is 0.0262. The van der Waals surface area contributed by atoms with E-state index in [0.717, 1.165) is 135 Å². The molecule has 1 unspecified atom stereocenters. The van der Waals surface area contributed by atoms with Crippen molar-refractivity contribution < 1.29 is 28.6 Å². The third-order valence-electron chi connectivity index (χ3n) is 11.8. The van der Waals surface area contributed by atoms with Gasteiger partial charge in [-0.1, -0.05) is 234 Å². The van der Waals surface area contributed by atoms with Crippen molar-refractivity contribution >= 4 is 17.9 Å². The molecule has 0 heterocycles. The van der Waals surface area contributed by atoms with Gasteiger partial charge in [0.1, 0.15) is 13.2 Å². The lowest BCUT2D eigenvalue weighted by Gasteiger charge is -2.18. The number of hydrogen-bond acceptors (Lipinski definition) is 6. The van der Waals surface area contributed by atoms with Crippen LogP contribution in [0.3, 0.4) is 0 Å². The van der Waals surface area contributed by atoms with Crippen molar-refractivity contribution in [1.29, 1.82) is 0 Å². The predicted octanol–water partition coefficient (Wildman–Crippen LogP) is 18.9. The molecule has 1 atom stereocenters. The maximum atomic E-state index is 12.8. The van der Waals surface area contributed by atoms with Crippen LogP contribution in [0.1, 0.15) is 258 Å². The summed E-state index contributed by atoms with van der Waals surface area (Å²) < 4.78 is 16.8. The number of allylic oxidation sites excluding steroid dienone is 16. The minimum Gasteiger partial charge on any atom is -0.462 e. The highest BCUT2D eigenvalue weighted by Gasteiger charge is 2.19. The predicted molar refractivity (Wildman–Crippen MR) is 293 cm³/mol. The molecule has 388 valence electrons. The standard InChI is InChI=1S/C62H104O6/c1-4-7-10-13-16-19-21-23-25-27-29-31-33-35-37-39-41-43-46-49-52-55-61(64)67-58-59(57-66-60(63)54-51-48-45-18-15-12-9-6-3)68-62(65)56-53-50-47-44-42-40-38-36-34-32-30-28-26-24-22-20-17-14-11-8-5-2/h7,10,16,19,22-25,28-31,34-37,59H,4-6,8-9,11-15,17-18,20-21,26-27,32-33,38-58H2,1-3H3/b10-7-,19-16-,24-22-,25-23-,30-28-,31-29-,36-34-,37-35-. The maximum absolute atomic E-state index is 12.8. The van der Waals surface area contributed by atoms with Gasteiger partial charge in [-0.3, -0.25) is 14.4 Å². The second-order valence-electron chi connectivity index (χ2n) is 18.5. The fourth-order valence-electron chi connectivity index (χ4n) is 7.59. The van der Waals surface area contributed by atoms with Gasteiger partial charge in [0, 0.05) is 19.3 Å². The van der Waals surface area contributed by atoms with E-state index in [4.69, 9.17) is 14.2 Å². The third-order valence-corrected chi connectivity index (χ3v) is 11.8. The van der Waals surface area contributed by atoms with Gasteiger partial charge in [-0.25, -0.2) is 0 Å². The summed E-state index contributed by atoms with van der Waals surface area (Å²) in [6.07, 6.45) is 74.0. The van der Waals surface area contributed by atoms with Crippen LogP contribution in [-0.2, 0) is 28.6 Å². The first kappa shape index (κ1) is 64.3. The van der Waals surface area contributed by atoms with Crippen molar-refractivity contribution in [2.75, 3.05) is 13.2 Å². The molecule has 0 amide bonds. The highest BCUT2D eigenvalue weighted by Crippen LogP contribution is 2.14. The van der Waals surface area contributed by atoms with E-state index in [2.05, 4.69) is 118 Å². The lowest BCUT2D eigenvalue weighted by atomic mass is 10.1. The van der Waals surface area contributed by atoms with Crippen LogP contribution in [-0.4, -0.2) is 37.2 Å². The van der Waals surface area contributed by atoms with Crippen LogP contribution in [0.15, 0.2) is 97.2 Å². The summed E-state index contributed by atoms with van der Waals surface area (Å²) in [6, 6.07) is 0.